The van der Waals surface area contributed by atoms with Crippen LogP contribution in [0.15, 0.2) is 274 Å². The Balaban J connectivity index is 0.000000144. The minimum absolute atomic E-state index is 0.0869. The molecule has 17 aromatic rings. The SMILES string of the molecule is COc1cc2c(Oc3ccc([N+](=O)[O-])cc3F)ccnc2cc1O.COc1cc2c(Oc3ccc([N+](=O)[O-])cc3F)ccnc2cc1OCc1ccccc1.COc1cc2nccc(Oc3ccc([N+](=O)[O-])cc3F)c2cc1O.COc1cc2nccc(Oc3ccc([N+](=O)[O-])cc3F)c2cc1OC.COc1cc2nccc(Oc3ccc([N+](=O)[O-])cc3F)c2cc1OCc1ccccc1. The summed E-state index contributed by atoms with van der Waals surface area (Å²) in [5.41, 5.74) is 2.77. The number of aromatic hydroxyl groups is 2. The van der Waals surface area contributed by atoms with Crippen molar-refractivity contribution < 1.29 is 118 Å². The van der Waals surface area contributed by atoms with Gasteiger partial charge >= 0.3 is 0 Å². The Labute approximate surface area is 758 Å². The molecule has 40 heteroatoms. The predicted octanol–water partition coefficient (Wildman–Crippen LogP) is 23.0. The molecule has 0 saturated heterocycles. The molecule has 0 radical (unpaired) electrons. The van der Waals surface area contributed by atoms with Crippen LogP contribution < -0.4 is 61.6 Å². The topological polar surface area (TPSA) is 441 Å². The number of phenolic OH excluding ortho intramolecular Hbond substituents is 2. The molecule has 0 saturated carbocycles. The van der Waals surface area contributed by atoms with E-state index in [1.165, 1.54) is 159 Å². The number of halogens is 5. The summed E-state index contributed by atoms with van der Waals surface area (Å²) < 4.78 is 142. The molecule has 35 nitrogen and oxygen atoms in total. The molecule has 0 fully saturated rings. The van der Waals surface area contributed by atoms with Crippen molar-refractivity contribution in [2.75, 3.05) is 42.7 Å². The number of fused-ring (bicyclic) bond motifs is 5. The third kappa shape index (κ3) is 22.9. The molecule has 0 aliphatic heterocycles. The average molecular weight is 1850 g/mol. The van der Waals surface area contributed by atoms with Gasteiger partial charge in [0.15, 0.2) is 115 Å². The zero-order valence-corrected chi connectivity index (χ0v) is 71.0. The molecule has 17 rings (SSSR count). The van der Waals surface area contributed by atoms with E-state index in [9.17, 15) is 82.7 Å². The number of benzene rings is 12. The van der Waals surface area contributed by atoms with Crippen molar-refractivity contribution >= 4 is 83.0 Å². The van der Waals surface area contributed by atoms with Crippen LogP contribution in [-0.2, 0) is 13.2 Å². The summed E-state index contributed by atoms with van der Waals surface area (Å²) in [5, 5.41) is 76.0. The number of aromatic nitrogens is 5. The fourth-order valence-corrected chi connectivity index (χ4v) is 12.8. The maximum Gasteiger partial charge on any atom is 0.272 e. The van der Waals surface area contributed by atoms with E-state index < -0.39 is 53.7 Å². The van der Waals surface area contributed by atoms with Crippen molar-refractivity contribution in [1.29, 1.82) is 0 Å². The number of nitrogens with zero attached hydrogens (tertiary/aromatic N) is 10. The second-order valence-electron chi connectivity index (χ2n) is 27.8. The highest BCUT2D eigenvalue weighted by atomic mass is 19.1. The minimum atomic E-state index is -0.869. The molecule has 0 unspecified atom stereocenters. The number of rotatable bonds is 27. The van der Waals surface area contributed by atoms with E-state index >= 15 is 0 Å². The maximum absolute atomic E-state index is 14.3. The van der Waals surface area contributed by atoms with Crippen molar-refractivity contribution in [3.8, 4) is 115 Å². The van der Waals surface area contributed by atoms with Gasteiger partial charge < -0.3 is 71.8 Å². The van der Waals surface area contributed by atoms with E-state index in [1.54, 1.807) is 54.6 Å². The van der Waals surface area contributed by atoms with E-state index in [0.29, 0.717) is 119 Å². The first-order valence-electron chi connectivity index (χ1n) is 39.3. The monoisotopic (exact) mass is 1840 g/mol. The fourth-order valence-electron chi connectivity index (χ4n) is 12.8. The van der Waals surface area contributed by atoms with Crippen LogP contribution in [0.3, 0.4) is 0 Å². The first-order valence-corrected chi connectivity index (χ1v) is 39.3. The average Bonchev–Trinajstić information content (AvgIpc) is 0.818. The molecule has 5 aromatic heterocycles. The van der Waals surface area contributed by atoms with Gasteiger partial charge in [-0.3, -0.25) is 75.5 Å². The number of hydrogen-bond acceptors (Lipinski definition) is 30. The lowest BCUT2D eigenvalue weighted by Gasteiger charge is -2.14. The summed E-state index contributed by atoms with van der Waals surface area (Å²) in [6.07, 6.45) is 7.44. The number of hydrogen-bond donors (Lipinski definition) is 2. The van der Waals surface area contributed by atoms with Gasteiger partial charge in [0.2, 0.25) is 0 Å². The number of phenols is 2. The van der Waals surface area contributed by atoms with Gasteiger partial charge in [0.1, 0.15) is 42.0 Å². The molecule has 0 amide bonds. The minimum Gasteiger partial charge on any atom is -0.504 e. The lowest BCUT2D eigenvalue weighted by molar-refractivity contribution is -0.385. The highest BCUT2D eigenvalue weighted by Crippen LogP contribution is 2.45. The molecule has 2 N–H and O–H groups in total. The van der Waals surface area contributed by atoms with Crippen molar-refractivity contribution in [2.45, 2.75) is 13.2 Å². The number of ether oxygens (including phenoxy) is 13. The second kappa shape index (κ2) is 43.0. The predicted molar refractivity (Wildman–Crippen MR) is 479 cm³/mol. The van der Waals surface area contributed by atoms with Gasteiger partial charge in [-0.15, -0.1) is 0 Å². The summed E-state index contributed by atoms with van der Waals surface area (Å²) in [4.78, 5) is 71.3. The Morgan fingerprint density at radius 3 is 0.741 bits per heavy atom. The Kier molecular flexibility index (Phi) is 29.9. The van der Waals surface area contributed by atoms with Crippen LogP contribution in [0.4, 0.5) is 50.4 Å². The molecular formula is C95H69F5N10O25. The van der Waals surface area contributed by atoms with Crippen molar-refractivity contribution in [3.05, 3.63) is 364 Å². The number of nitro groups is 5. The van der Waals surface area contributed by atoms with Gasteiger partial charge in [-0.2, -0.15) is 0 Å². The Hall–Kier alpha value is -18.7. The van der Waals surface area contributed by atoms with Gasteiger partial charge in [0.25, 0.3) is 28.4 Å². The molecule has 0 spiro atoms. The molecule has 0 aliphatic carbocycles. The van der Waals surface area contributed by atoms with E-state index in [-0.39, 0.29) is 91.7 Å². The molecule has 12 aromatic carbocycles. The van der Waals surface area contributed by atoms with Crippen molar-refractivity contribution in [1.82, 2.24) is 24.9 Å². The number of nitro benzene ring substituents is 5. The zero-order chi connectivity index (χ0) is 96.1. The molecule has 0 bridgehead atoms. The Bertz CT molecular complexity index is 7330. The van der Waals surface area contributed by atoms with Crippen LogP contribution >= 0.6 is 0 Å². The van der Waals surface area contributed by atoms with Crippen LogP contribution in [0, 0.1) is 79.7 Å². The number of pyridine rings is 5. The molecule has 0 aliphatic rings. The maximum atomic E-state index is 14.3. The lowest BCUT2D eigenvalue weighted by Crippen LogP contribution is -1.99. The second-order valence-corrected chi connectivity index (χ2v) is 27.8. The first kappa shape index (κ1) is 94.0. The standard InChI is InChI=1S/2C23H17FN2O5.C17H13FN2O5.2C16H11FN2O5/c1-29-22-13-19-17(12-23(22)30-14-15-5-3-2-4-6-15)20(9-10-25-19)31-21-8-7-16(26(27)28)11-18(21)24;1-29-22-12-17-19(13-23(22)30-14-15-5-3-2-4-6-15)25-10-9-20(17)31-21-8-7-16(26(27)28)11-18(21)24;1-23-16-8-11-13(9-17(16)24-2)19-6-5-14(11)25-15-4-3-10(20(21)22)7-12(15)18;1-23-16-7-10-12(8-13(16)20)18-5-4-14(10)24-15-3-2-9(19(21)22)6-11(15)17;1-23-16-8-12-10(7-13(16)20)14(4-5-18-12)24-15-3-2-9(19(21)22)6-11(15)17/h2*2-13H,14H2,1H3;3-9H,1-2H3;2*2-8,20H,1H3. The normalized spacial score (nSPS) is 10.6. The quantitative estimate of drug-likeness (QED) is 0.0274. The number of non-ortho nitro benzene ring substituents is 5. The summed E-state index contributed by atoms with van der Waals surface area (Å²) in [6.45, 7) is 0.684. The molecule has 0 atom stereocenters. The van der Waals surface area contributed by atoms with Gasteiger partial charge in [-0.05, 0) is 102 Å². The third-order valence-electron chi connectivity index (χ3n) is 19.4. The summed E-state index contributed by atoms with van der Waals surface area (Å²) in [5.74, 6) is -0.344. The highest BCUT2D eigenvalue weighted by Gasteiger charge is 2.24. The van der Waals surface area contributed by atoms with Crippen molar-refractivity contribution in [2.24, 2.45) is 0 Å². The summed E-state index contributed by atoms with van der Waals surface area (Å²) in [6, 6.07) is 58.9. The number of methoxy groups -OCH3 is 6. The smallest absolute Gasteiger partial charge is 0.272 e. The largest absolute Gasteiger partial charge is 0.504 e. The van der Waals surface area contributed by atoms with E-state index in [0.717, 1.165) is 53.6 Å². The van der Waals surface area contributed by atoms with Crippen LogP contribution in [0.1, 0.15) is 11.1 Å². The van der Waals surface area contributed by atoms with Crippen LogP contribution in [0.25, 0.3) is 54.5 Å². The van der Waals surface area contributed by atoms with Crippen LogP contribution in [-0.4, -0.2) is 102 Å². The molecule has 135 heavy (non-hydrogen) atoms. The van der Waals surface area contributed by atoms with Gasteiger partial charge in [0, 0.05) is 119 Å². The van der Waals surface area contributed by atoms with E-state index in [1.807, 2.05) is 60.7 Å². The van der Waals surface area contributed by atoms with Crippen LogP contribution in [0.2, 0.25) is 0 Å². The lowest BCUT2D eigenvalue weighted by atomic mass is 10.1. The summed E-state index contributed by atoms with van der Waals surface area (Å²) in [7, 11) is 8.86. The van der Waals surface area contributed by atoms with E-state index in [4.69, 9.17) is 61.6 Å². The summed E-state index contributed by atoms with van der Waals surface area (Å²) >= 11 is 0. The molecule has 5 heterocycles. The van der Waals surface area contributed by atoms with Gasteiger partial charge in [0.05, 0.1) is 125 Å². The van der Waals surface area contributed by atoms with Gasteiger partial charge in [-0.1, -0.05) is 60.7 Å². The van der Waals surface area contributed by atoms with Crippen LogP contribution in [0.5, 0.6) is 115 Å². The highest BCUT2D eigenvalue weighted by molar-refractivity contribution is 5.92. The molecular weight excluding hydrogens is 1780 g/mol. The van der Waals surface area contributed by atoms with Gasteiger partial charge in [-0.25, -0.2) is 22.0 Å². The van der Waals surface area contributed by atoms with Crippen molar-refractivity contribution in [3.63, 3.8) is 0 Å². The Morgan fingerprint density at radius 2 is 0.459 bits per heavy atom. The molecule has 684 valence electrons. The fraction of sp³-hybridized carbons (Fsp3) is 0.0842. The first-order chi connectivity index (χ1) is 65.1. The Morgan fingerprint density at radius 1 is 0.244 bits per heavy atom. The van der Waals surface area contributed by atoms with E-state index in [2.05, 4.69) is 24.9 Å². The zero-order valence-electron chi connectivity index (χ0n) is 71.0. The third-order valence-corrected chi connectivity index (χ3v) is 19.4.